The Morgan fingerprint density at radius 1 is 1.14 bits per heavy atom. The molecule has 84 valence electrons. The standard InChI is InChI=1S/C11H23NOS/c1-6-11(7-2,8-3)14-9-10(13)12(4)5/h6-9H2,1-5H3. The highest BCUT2D eigenvalue weighted by atomic mass is 32.2. The molecule has 1 amide bonds. The van der Waals surface area contributed by atoms with Crippen molar-refractivity contribution in [1.29, 1.82) is 0 Å². The lowest BCUT2D eigenvalue weighted by Gasteiger charge is -2.29. The van der Waals surface area contributed by atoms with Crippen LogP contribution in [0.15, 0.2) is 0 Å². The van der Waals surface area contributed by atoms with Crippen molar-refractivity contribution >= 4 is 17.7 Å². The second kappa shape index (κ2) is 6.33. The summed E-state index contributed by atoms with van der Waals surface area (Å²) in [6, 6.07) is 0. The maximum absolute atomic E-state index is 11.4. The molecule has 2 nitrogen and oxygen atoms in total. The fourth-order valence-corrected chi connectivity index (χ4v) is 2.70. The molecule has 0 heterocycles. The molecule has 0 aliphatic heterocycles. The van der Waals surface area contributed by atoms with Crippen molar-refractivity contribution in [2.75, 3.05) is 19.8 Å². The van der Waals surface area contributed by atoms with E-state index in [1.54, 1.807) is 4.90 Å². The Labute approximate surface area is 92.4 Å². The number of thioether (sulfide) groups is 1. The van der Waals surface area contributed by atoms with Gasteiger partial charge in [-0.25, -0.2) is 0 Å². The van der Waals surface area contributed by atoms with Gasteiger partial charge < -0.3 is 4.90 Å². The van der Waals surface area contributed by atoms with Crippen molar-refractivity contribution in [3.8, 4) is 0 Å². The van der Waals surface area contributed by atoms with Gasteiger partial charge in [-0.2, -0.15) is 0 Å². The van der Waals surface area contributed by atoms with Crippen LogP contribution in [-0.2, 0) is 4.79 Å². The van der Waals surface area contributed by atoms with E-state index in [1.165, 1.54) is 0 Å². The molecule has 14 heavy (non-hydrogen) atoms. The van der Waals surface area contributed by atoms with Crippen LogP contribution >= 0.6 is 11.8 Å². The summed E-state index contributed by atoms with van der Waals surface area (Å²) < 4.78 is 0.311. The lowest BCUT2D eigenvalue weighted by molar-refractivity contribution is -0.125. The fraction of sp³-hybridized carbons (Fsp3) is 0.909. The molecule has 3 heteroatoms. The maximum Gasteiger partial charge on any atom is 0.232 e. The number of rotatable bonds is 6. The number of carbonyl (C=O) groups is 1. The first kappa shape index (κ1) is 13.8. The minimum atomic E-state index is 0.217. The van der Waals surface area contributed by atoms with Crippen molar-refractivity contribution < 1.29 is 4.79 Å². The van der Waals surface area contributed by atoms with Gasteiger partial charge in [0.05, 0.1) is 5.75 Å². The summed E-state index contributed by atoms with van der Waals surface area (Å²) in [7, 11) is 3.63. The first-order valence-electron chi connectivity index (χ1n) is 5.35. The van der Waals surface area contributed by atoms with Gasteiger partial charge in [0, 0.05) is 18.8 Å². The smallest absolute Gasteiger partial charge is 0.232 e. The zero-order chi connectivity index (χ0) is 11.2. The highest BCUT2D eigenvalue weighted by Crippen LogP contribution is 2.35. The summed E-state index contributed by atoms with van der Waals surface area (Å²) in [6.07, 6.45) is 3.43. The number of hydrogen-bond donors (Lipinski definition) is 0. The minimum absolute atomic E-state index is 0.217. The molecular formula is C11H23NOS. The van der Waals surface area contributed by atoms with Gasteiger partial charge >= 0.3 is 0 Å². The normalized spacial score (nSPS) is 11.5. The van der Waals surface area contributed by atoms with E-state index in [4.69, 9.17) is 0 Å². The predicted octanol–water partition coefficient (Wildman–Crippen LogP) is 2.78. The molecule has 0 N–H and O–H groups in total. The molecule has 0 aliphatic carbocycles. The number of nitrogens with zero attached hydrogens (tertiary/aromatic N) is 1. The third kappa shape index (κ3) is 3.91. The molecule has 0 radical (unpaired) electrons. The lowest BCUT2D eigenvalue weighted by atomic mass is 9.99. The molecule has 0 aliphatic rings. The summed E-state index contributed by atoms with van der Waals surface area (Å²) in [5.41, 5.74) is 0. The van der Waals surface area contributed by atoms with E-state index in [1.807, 2.05) is 25.9 Å². The van der Waals surface area contributed by atoms with Crippen LogP contribution in [0, 0.1) is 0 Å². The highest BCUT2D eigenvalue weighted by Gasteiger charge is 2.25. The van der Waals surface area contributed by atoms with Crippen LogP contribution in [0.3, 0.4) is 0 Å². The Balaban J connectivity index is 4.12. The second-order valence-corrected chi connectivity index (χ2v) is 5.26. The molecular weight excluding hydrogens is 194 g/mol. The van der Waals surface area contributed by atoms with Crippen molar-refractivity contribution in [1.82, 2.24) is 4.90 Å². The lowest BCUT2D eigenvalue weighted by Crippen LogP contribution is -2.28. The first-order valence-corrected chi connectivity index (χ1v) is 6.34. The minimum Gasteiger partial charge on any atom is -0.348 e. The van der Waals surface area contributed by atoms with Gasteiger partial charge in [0.1, 0.15) is 0 Å². The molecule has 0 unspecified atom stereocenters. The number of amides is 1. The van der Waals surface area contributed by atoms with Crippen LogP contribution < -0.4 is 0 Å². The molecule has 0 aromatic rings. The van der Waals surface area contributed by atoms with E-state index >= 15 is 0 Å². The van der Waals surface area contributed by atoms with Crippen LogP contribution in [0.4, 0.5) is 0 Å². The topological polar surface area (TPSA) is 20.3 Å². The van der Waals surface area contributed by atoms with E-state index < -0.39 is 0 Å². The molecule has 0 saturated heterocycles. The Morgan fingerprint density at radius 3 is 1.86 bits per heavy atom. The average Bonchev–Trinajstić information content (AvgIpc) is 2.20. The van der Waals surface area contributed by atoms with Crippen molar-refractivity contribution in [3.05, 3.63) is 0 Å². The van der Waals surface area contributed by atoms with Crippen LogP contribution in [0.2, 0.25) is 0 Å². The molecule has 0 bridgehead atoms. The van der Waals surface area contributed by atoms with Crippen LogP contribution in [0.1, 0.15) is 40.0 Å². The maximum atomic E-state index is 11.4. The molecule has 0 rings (SSSR count). The van der Waals surface area contributed by atoms with E-state index in [0.29, 0.717) is 10.5 Å². The van der Waals surface area contributed by atoms with Crippen LogP contribution in [0.25, 0.3) is 0 Å². The van der Waals surface area contributed by atoms with Crippen molar-refractivity contribution in [3.63, 3.8) is 0 Å². The van der Waals surface area contributed by atoms with Gasteiger partial charge in [-0.15, -0.1) is 11.8 Å². The van der Waals surface area contributed by atoms with Gasteiger partial charge in [-0.3, -0.25) is 4.79 Å². The summed E-state index contributed by atoms with van der Waals surface area (Å²) in [5, 5.41) is 0. The summed E-state index contributed by atoms with van der Waals surface area (Å²) >= 11 is 1.81. The SMILES string of the molecule is CCC(CC)(CC)SCC(=O)N(C)C. The summed E-state index contributed by atoms with van der Waals surface area (Å²) in [6.45, 7) is 6.63. The largest absolute Gasteiger partial charge is 0.348 e. The van der Waals surface area contributed by atoms with E-state index in [-0.39, 0.29) is 5.91 Å². The second-order valence-electron chi connectivity index (χ2n) is 3.82. The third-order valence-corrected chi connectivity index (χ3v) is 4.80. The highest BCUT2D eigenvalue weighted by molar-refractivity contribution is 8.01. The quantitative estimate of drug-likeness (QED) is 0.682. The Morgan fingerprint density at radius 2 is 1.57 bits per heavy atom. The van der Waals surface area contributed by atoms with Gasteiger partial charge in [-0.05, 0) is 19.3 Å². The average molecular weight is 217 g/mol. The van der Waals surface area contributed by atoms with E-state index in [0.717, 1.165) is 19.3 Å². The summed E-state index contributed by atoms with van der Waals surface area (Å²) in [4.78, 5) is 13.1. The molecule has 0 fully saturated rings. The van der Waals surface area contributed by atoms with Gasteiger partial charge in [-0.1, -0.05) is 20.8 Å². The fourth-order valence-electron chi connectivity index (χ4n) is 1.40. The number of carbonyl (C=O) groups excluding carboxylic acids is 1. The first-order chi connectivity index (χ1) is 6.51. The predicted molar refractivity (Wildman–Crippen MR) is 64.8 cm³/mol. The van der Waals surface area contributed by atoms with Crippen molar-refractivity contribution in [2.24, 2.45) is 0 Å². The molecule has 0 saturated carbocycles. The van der Waals surface area contributed by atoms with Crippen molar-refractivity contribution in [2.45, 2.75) is 44.8 Å². The Bertz CT molecular complexity index is 168. The Kier molecular flexibility index (Phi) is 6.25. The van der Waals surface area contributed by atoms with Gasteiger partial charge in [0.2, 0.25) is 5.91 Å². The Hall–Kier alpha value is -0.180. The van der Waals surface area contributed by atoms with E-state index in [9.17, 15) is 4.79 Å². The number of hydrogen-bond acceptors (Lipinski definition) is 2. The van der Waals surface area contributed by atoms with Gasteiger partial charge in [0.25, 0.3) is 0 Å². The third-order valence-electron chi connectivity index (χ3n) is 2.93. The molecule has 0 aromatic carbocycles. The van der Waals surface area contributed by atoms with Gasteiger partial charge in [0.15, 0.2) is 0 Å². The van der Waals surface area contributed by atoms with E-state index in [2.05, 4.69) is 20.8 Å². The monoisotopic (exact) mass is 217 g/mol. The van der Waals surface area contributed by atoms with Crippen LogP contribution in [0.5, 0.6) is 0 Å². The molecule has 0 aromatic heterocycles. The zero-order valence-corrected chi connectivity index (χ0v) is 10.9. The van der Waals surface area contributed by atoms with Crippen LogP contribution in [-0.4, -0.2) is 35.4 Å². The summed E-state index contributed by atoms with van der Waals surface area (Å²) in [5.74, 6) is 0.831. The molecule has 0 spiro atoms. The zero-order valence-electron chi connectivity index (χ0n) is 10.1. The molecule has 0 atom stereocenters.